The molecule has 24 heavy (non-hydrogen) atoms. The van der Waals surface area contributed by atoms with E-state index in [1.54, 1.807) is 24.3 Å². The molecule has 1 aliphatic carbocycles. The minimum absolute atomic E-state index is 0.0731. The van der Waals surface area contributed by atoms with Gasteiger partial charge in [-0.1, -0.05) is 30.3 Å². The molecule has 0 saturated heterocycles. The van der Waals surface area contributed by atoms with Crippen LogP contribution in [0.15, 0.2) is 48.5 Å². The first-order chi connectivity index (χ1) is 11.6. The van der Waals surface area contributed by atoms with E-state index in [1.165, 1.54) is 24.3 Å². The maximum absolute atomic E-state index is 13.5. The van der Waals surface area contributed by atoms with Crippen molar-refractivity contribution in [1.82, 2.24) is 5.32 Å². The molecule has 0 heterocycles. The summed E-state index contributed by atoms with van der Waals surface area (Å²) < 4.78 is 27.0. The fourth-order valence-electron chi connectivity index (χ4n) is 2.52. The molecule has 124 valence electrons. The number of para-hydroxylation sites is 1. The van der Waals surface area contributed by atoms with Gasteiger partial charge in [0.1, 0.15) is 11.6 Å². The standard InChI is InChI=1S/C18H16F2N2O2/c19-14-6-2-1-5-11(14)10-21-17(23)12-9-13(12)18(24)22-16-8-4-3-7-15(16)20/h1-8,12-13H,9-10H2,(H,21,23)(H,22,24). The van der Waals surface area contributed by atoms with Crippen molar-refractivity contribution < 1.29 is 18.4 Å². The maximum atomic E-state index is 13.5. The van der Waals surface area contributed by atoms with Crippen LogP contribution in [0.2, 0.25) is 0 Å². The molecule has 1 fully saturated rings. The molecular weight excluding hydrogens is 314 g/mol. The summed E-state index contributed by atoms with van der Waals surface area (Å²) in [4.78, 5) is 24.1. The predicted octanol–water partition coefficient (Wildman–Crippen LogP) is 2.86. The van der Waals surface area contributed by atoms with Gasteiger partial charge in [0.2, 0.25) is 11.8 Å². The van der Waals surface area contributed by atoms with E-state index in [1.807, 2.05) is 0 Å². The van der Waals surface area contributed by atoms with Crippen molar-refractivity contribution in [2.75, 3.05) is 5.32 Å². The van der Waals surface area contributed by atoms with Gasteiger partial charge in [0.15, 0.2) is 0 Å². The molecule has 4 nitrogen and oxygen atoms in total. The van der Waals surface area contributed by atoms with Gasteiger partial charge < -0.3 is 10.6 Å². The summed E-state index contributed by atoms with van der Waals surface area (Å²) in [5.74, 6) is -2.53. The van der Waals surface area contributed by atoms with Gasteiger partial charge in [-0.3, -0.25) is 9.59 Å². The van der Waals surface area contributed by atoms with Crippen LogP contribution >= 0.6 is 0 Å². The maximum Gasteiger partial charge on any atom is 0.228 e. The van der Waals surface area contributed by atoms with E-state index in [0.29, 0.717) is 12.0 Å². The van der Waals surface area contributed by atoms with Gasteiger partial charge in [0, 0.05) is 12.1 Å². The number of halogens is 2. The van der Waals surface area contributed by atoms with Crippen LogP contribution in [0.3, 0.4) is 0 Å². The molecule has 3 rings (SSSR count). The zero-order valence-electron chi connectivity index (χ0n) is 12.8. The van der Waals surface area contributed by atoms with E-state index in [0.717, 1.165) is 0 Å². The van der Waals surface area contributed by atoms with Crippen LogP contribution in [0.5, 0.6) is 0 Å². The van der Waals surface area contributed by atoms with Gasteiger partial charge in [-0.05, 0) is 24.6 Å². The number of anilines is 1. The molecular formula is C18H16F2N2O2. The SMILES string of the molecule is O=C(NCc1ccccc1F)C1CC1C(=O)Nc1ccccc1F. The smallest absolute Gasteiger partial charge is 0.228 e. The lowest BCUT2D eigenvalue weighted by molar-refractivity contribution is -0.125. The van der Waals surface area contributed by atoms with Crippen LogP contribution in [0.25, 0.3) is 0 Å². The number of carbonyl (C=O) groups is 2. The van der Waals surface area contributed by atoms with E-state index < -0.39 is 17.7 Å². The fourth-order valence-corrected chi connectivity index (χ4v) is 2.52. The second kappa shape index (κ2) is 6.78. The van der Waals surface area contributed by atoms with Crippen molar-refractivity contribution in [2.24, 2.45) is 11.8 Å². The number of rotatable bonds is 5. The molecule has 0 aliphatic heterocycles. The van der Waals surface area contributed by atoms with Gasteiger partial charge in [-0.25, -0.2) is 8.78 Å². The van der Waals surface area contributed by atoms with Crippen LogP contribution in [-0.4, -0.2) is 11.8 Å². The number of nitrogens with one attached hydrogen (secondary N) is 2. The molecule has 0 spiro atoms. The minimum Gasteiger partial charge on any atom is -0.352 e. The van der Waals surface area contributed by atoms with Crippen LogP contribution in [0.4, 0.5) is 14.5 Å². The molecule has 1 aliphatic rings. The zero-order valence-corrected chi connectivity index (χ0v) is 12.8. The molecule has 2 N–H and O–H groups in total. The third-order valence-corrected chi connectivity index (χ3v) is 4.01. The average Bonchev–Trinajstić information content (AvgIpc) is 3.37. The Morgan fingerprint density at radius 1 is 0.917 bits per heavy atom. The van der Waals surface area contributed by atoms with Crippen molar-refractivity contribution in [3.63, 3.8) is 0 Å². The van der Waals surface area contributed by atoms with E-state index in [-0.39, 0.29) is 29.9 Å². The van der Waals surface area contributed by atoms with E-state index in [4.69, 9.17) is 0 Å². The van der Waals surface area contributed by atoms with Crippen molar-refractivity contribution in [1.29, 1.82) is 0 Å². The number of carbonyl (C=O) groups excluding carboxylic acids is 2. The van der Waals surface area contributed by atoms with Gasteiger partial charge >= 0.3 is 0 Å². The molecule has 2 aromatic carbocycles. The minimum atomic E-state index is -0.521. The zero-order chi connectivity index (χ0) is 17.1. The lowest BCUT2D eigenvalue weighted by Gasteiger charge is -2.07. The highest BCUT2D eigenvalue weighted by Gasteiger charge is 2.48. The van der Waals surface area contributed by atoms with Crippen molar-refractivity contribution in [3.8, 4) is 0 Å². The summed E-state index contributed by atoms with van der Waals surface area (Å²) in [6.07, 6.45) is 0.406. The Balaban J connectivity index is 1.51. The lowest BCUT2D eigenvalue weighted by Crippen LogP contribution is -2.27. The Bertz CT molecular complexity index is 779. The van der Waals surface area contributed by atoms with Crippen molar-refractivity contribution >= 4 is 17.5 Å². The topological polar surface area (TPSA) is 58.2 Å². The van der Waals surface area contributed by atoms with Crippen LogP contribution in [0, 0.1) is 23.5 Å². The number of amides is 2. The molecule has 1 saturated carbocycles. The summed E-state index contributed by atoms with van der Waals surface area (Å²) in [6.45, 7) is 0.0731. The molecule has 2 unspecified atom stereocenters. The van der Waals surface area contributed by atoms with Gasteiger partial charge in [0.05, 0.1) is 17.5 Å². The van der Waals surface area contributed by atoms with Crippen molar-refractivity contribution in [3.05, 3.63) is 65.7 Å². The number of hydrogen-bond acceptors (Lipinski definition) is 2. The van der Waals surface area contributed by atoms with Crippen LogP contribution in [0.1, 0.15) is 12.0 Å². The van der Waals surface area contributed by atoms with E-state index in [9.17, 15) is 18.4 Å². The summed E-state index contributed by atoms with van der Waals surface area (Å²) in [5.41, 5.74) is 0.485. The molecule has 6 heteroatoms. The largest absolute Gasteiger partial charge is 0.352 e. The van der Waals surface area contributed by atoms with E-state index >= 15 is 0 Å². The Morgan fingerprint density at radius 2 is 1.54 bits per heavy atom. The van der Waals surface area contributed by atoms with Gasteiger partial charge in [-0.2, -0.15) is 0 Å². The quantitative estimate of drug-likeness (QED) is 0.886. The monoisotopic (exact) mass is 330 g/mol. The Labute approximate surface area is 137 Å². The second-order valence-corrected chi connectivity index (χ2v) is 5.73. The molecule has 2 aromatic rings. The third-order valence-electron chi connectivity index (χ3n) is 4.01. The third kappa shape index (κ3) is 3.59. The highest BCUT2D eigenvalue weighted by molar-refractivity contribution is 5.99. The predicted molar refractivity (Wildman–Crippen MR) is 84.9 cm³/mol. The first kappa shape index (κ1) is 16.1. The van der Waals surface area contributed by atoms with Crippen LogP contribution < -0.4 is 10.6 Å². The molecule has 2 amide bonds. The average molecular weight is 330 g/mol. The summed E-state index contributed by atoms with van der Waals surface area (Å²) in [5, 5.41) is 5.11. The fraction of sp³-hybridized carbons (Fsp3) is 0.222. The Hall–Kier alpha value is -2.76. The highest BCUT2D eigenvalue weighted by Crippen LogP contribution is 2.39. The summed E-state index contributed by atoms with van der Waals surface area (Å²) in [7, 11) is 0. The summed E-state index contributed by atoms with van der Waals surface area (Å²) in [6, 6.07) is 12.0. The van der Waals surface area contributed by atoms with Gasteiger partial charge in [0.25, 0.3) is 0 Å². The van der Waals surface area contributed by atoms with E-state index in [2.05, 4.69) is 10.6 Å². The molecule has 0 radical (unpaired) electrons. The first-order valence-corrected chi connectivity index (χ1v) is 7.63. The molecule has 0 bridgehead atoms. The Kier molecular flexibility index (Phi) is 4.55. The van der Waals surface area contributed by atoms with Gasteiger partial charge in [-0.15, -0.1) is 0 Å². The lowest BCUT2D eigenvalue weighted by atomic mass is 10.2. The number of hydrogen-bond donors (Lipinski definition) is 2. The molecule has 0 aromatic heterocycles. The first-order valence-electron chi connectivity index (χ1n) is 7.63. The molecule has 2 atom stereocenters. The Morgan fingerprint density at radius 3 is 2.25 bits per heavy atom. The van der Waals surface area contributed by atoms with Crippen molar-refractivity contribution in [2.45, 2.75) is 13.0 Å². The summed E-state index contributed by atoms with van der Waals surface area (Å²) >= 11 is 0. The second-order valence-electron chi connectivity index (χ2n) is 5.73. The van der Waals surface area contributed by atoms with Crippen LogP contribution in [-0.2, 0) is 16.1 Å². The highest BCUT2D eigenvalue weighted by atomic mass is 19.1. The normalized spacial score (nSPS) is 18.8. The number of benzene rings is 2.